The fourth-order valence-corrected chi connectivity index (χ4v) is 2.08. The fourth-order valence-electron chi connectivity index (χ4n) is 1.98. The summed E-state index contributed by atoms with van der Waals surface area (Å²) < 4.78 is 19.3. The Hall–Kier alpha value is -1.53. The summed E-state index contributed by atoms with van der Waals surface area (Å²) in [7, 11) is 0. The zero-order valence-electron chi connectivity index (χ0n) is 11.0. The van der Waals surface area contributed by atoms with Gasteiger partial charge in [0.05, 0.1) is 18.9 Å². The van der Waals surface area contributed by atoms with Crippen molar-refractivity contribution in [3.8, 4) is 0 Å². The second-order valence-electron chi connectivity index (χ2n) is 4.34. The normalized spacial score (nSPS) is 15.0. The summed E-state index contributed by atoms with van der Waals surface area (Å²) in [4.78, 5) is 13.4. The highest BCUT2D eigenvalue weighted by Crippen LogP contribution is 2.23. The Morgan fingerprint density at radius 1 is 1.40 bits per heavy atom. The zero-order chi connectivity index (χ0) is 14.4. The van der Waals surface area contributed by atoms with E-state index in [1.807, 2.05) is 4.90 Å². The number of carbonyl (C=O) groups excluding carboxylic acids is 1. The van der Waals surface area contributed by atoms with Crippen molar-refractivity contribution in [1.29, 1.82) is 0 Å². The van der Waals surface area contributed by atoms with Crippen molar-refractivity contribution >= 4 is 29.0 Å². The molecule has 1 heterocycles. The molecule has 20 heavy (non-hydrogen) atoms. The molecule has 0 unspecified atom stereocenters. The van der Waals surface area contributed by atoms with Crippen LogP contribution in [0.3, 0.4) is 0 Å². The number of morpholine rings is 1. The summed E-state index contributed by atoms with van der Waals surface area (Å²) >= 11 is 5.46. The number of urea groups is 1. The maximum absolute atomic E-state index is 14.1. The van der Waals surface area contributed by atoms with Crippen LogP contribution in [0.5, 0.6) is 0 Å². The molecular weight excluding hydrogens is 285 g/mol. The number of hydrogen-bond acceptors (Lipinski definition) is 3. The Kier molecular flexibility index (Phi) is 5.43. The van der Waals surface area contributed by atoms with Gasteiger partial charge in [-0.25, -0.2) is 9.18 Å². The maximum atomic E-state index is 14.1. The van der Waals surface area contributed by atoms with Crippen LogP contribution in [0.1, 0.15) is 0 Å². The molecule has 0 aromatic heterocycles. The molecule has 1 aliphatic heterocycles. The Morgan fingerprint density at radius 2 is 2.15 bits per heavy atom. The number of hydrogen-bond donors (Lipinski definition) is 2. The van der Waals surface area contributed by atoms with E-state index in [9.17, 15) is 9.18 Å². The molecule has 2 N–H and O–H groups in total. The van der Waals surface area contributed by atoms with Crippen LogP contribution in [-0.2, 0) is 4.74 Å². The molecule has 1 aliphatic rings. The van der Waals surface area contributed by atoms with Crippen molar-refractivity contribution in [3.63, 3.8) is 0 Å². The van der Waals surface area contributed by atoms with Crippen molar-refractivity contribution < 1.29 is 13.9 Å². The first-order chi connectivity index (χ1) is 9.70. The Morgan fingerprint density at radius 3 is 2.80 bits per heavy atom. The van der Waals surface area contributed by atoms with Crippen molar-refractivity contribution in [2.45, 2.75) is 0 Å². The van der Waals surface area contributed by atoms with Crippen LogP contribution in [0.15, 0.2) is 18.2 Å². The largest absolute Gasteiger partial charge is 0.378 e. The van der Waals surface area contributed by atoms with Gasteiger partial charge in [-0.05, 0) is 18.2 Å². The van der Waals surface area contributed by atoms with Crippen LogP contribution in [0.25, 0.3) is 0 Å². The lowest BCUT2D eigenvalue weighted by Crippen LogP contribution is -2.36. The van der Waals surface area contributed by atoms with Gasteiger partial charge in [0.2, 0.25) is 0 Å². The van der Waals surface area contributed by atoms with Crippen LogP contribution in [0, 0.1) is 5.82 Å². The van der Waals surface area contributed by atoms with Gasteiger partial charge in [-0.15, -0.1) is 11.6 Å². The quantitative estimate of drug-likeness (QED) is 0.837. The second-order valence-corrected chi connectivity index (χ2v) is 4.71. The first-order valence-electron chi connectivity index (χ1n) is 6.44. The molecule has 0 aliphatic carbocycles. The van der Waals surface area contributed by atoms with Crippen molar-refractivity contribution in [2.75, 3.05) is 48.9 Å². The number of anilines is 2. The van der Waals surface area contributed by atoms with Gasteiger partial charge in [0.1, 0.15) is 5.82 Å². The smallest absolute Gasteiger partial charge is 0.319 e. The van der Waals surface area contributed by atoms with Crippen molar-refractivity contribution in [2.24, 2.45) is 0 Å². The van der Waals surface area contributed by atoms with E-state index in [0.717, 1.165) is 0 Å². The van der Waals surface area contributed by atoms with Crippen molar-refractivity contribution in [1.82, 2.24) is 5.32 Å². The molecule has 0 saturated carbocycles. The van der Waals surface area contributed by atoms with Gasteiger partial charge >= 0.3 is 6.03 Å². The number of nitrogens with one attached hydrogen (secondary N) is 2. The third-order valence-corrected chi connectivity index (χ3v) is 3.13. The topological polar surface area (TPSA) is 53.6 Å². The van der Waals surface area contributed by atoms with Crippen LogP contribution in [0.2, 0.25) is 0 Å². The van der Waals surface area contributed by atoms with Gasteiger partial charge in [-0.1, -0.05) is 0 Å². The maximum Gasteiger partial charge on any atom is 0.319 e. The molecule has 0 radical (unpaired) electrons. The summed E-state index contributed by atoms with van der Waals surface area (Å²) in [6.45, 7) is 2.89. The molecule has 1 aromatic rings. The van der Waals surface area contributed by atoms with E-state index < -0.39 is 6.03 Å². The molecule has 7 heteroatoms. The molecule has 5 nitrogen and oxygen atoms in total. The number of ether oxygens (including phenoxy) is 1. The number of nitrogens with zero attached hydrogens (tertiary/aromatic N) is 1. The summed E-state index contributed by atoms with van der Waals surface area (Å²) in [5, 5.41) is 5.10. The van der Waals surface area contributed by atoms with Gasteiger partial charge in [-0.2, -0.15) is 0 Å². The molecule has 0 spiro atoms. The van der Waals surface area contributed by atoms with E-state index in [4.69, 9.17) is 16.3 Å². The molecule has 1 aromatic carbocycles. The summed E-state index contributed by atoms with van der Waals surface area (Å²) in [5.41, 5.74) is 0.937. The lowest BCUT2D eigenvalue weighted by atomic mass is 10.2. The van der Waals surface area contributed by atoms with Crippen LogP contribution < -0.4 is 15.5 Å². The highest BCUT2D eigenvalue weighted by Gasteiger charge is 2.15. The molecular formula is C13H17ClFN3O2. The highest BCUT2D eigenvalue weighted by atomic mass is 35.5. The first-order valence-corrected chi connectivity index (χ1v) is 6.97. The Labute approximate surface area is 122 Å². The lowest BCUT2D eigenvalue weighted by molar-refractivity contribution is 0.122. The SMILES string of the molecule is O=C(NCCCl)Nc1ccc(N2CCOCC2)c(F)c1. The van der Waals surface area contributed by atoms with E-state index >= 15 is 0 Å². The minimum absolute atomic E-state index is 0.331. The number of alkyl halides is 1. The summed E-state index contributed by atoms with van der Waals surface area (Å²) in [6.07, 6.45) is 0. The first kappa shape index (κ1) is 14.9. The standard InChI is InChI=1S/C13H17ClFN3O2/c14-3-4-16-13(19)17-10-1-2-12(11(15)9-10)18-5-7-20-8-6-18/h1-2,9H,3-8H2,(H2,16,17,19). The monoisotopic (exact) mass is 301 g/mol. The van der Waals surface area contributed by atoms with E-state index in [-0.39, 0.29) is 5.82 Å². The molecule has 0 atom stereocenters. The number of amides is 2. The van der Waals surface area contributed by atoms with Crippen LogP contribution in [-0.4, -0.2) is 44.8 Å². The van der Waals surface area contributed by atoms with Crippen LogP contribution >= 0.6 is 11.6 Å². The zero-order valence-corrected chi connectivity index (χ0v) is 11.8. The van der Waals surface area contributed by atoms with E-state index in [1.165, 1.54) is 6.07 Å². The van der Waals surface area contributed by atoms with Crippen molar-refractivity contribution in [3.05, 3.63) is 24.0 Å². The fraction of sp³-hybridized carbons (Fsp3) is 0.462. The molecule has 1 saturated heterocycles. The van der Waals surface area contributed by atoms with Gasteiger partial charge in [0, 0.05) is 31.2 Å². The summed E-state index contributed by atoms with van der Waals surface area (Å²) in [5.74, 6) is -0.0281. The lowest BCUT2D eigenvalue weighted by Gasteiger charge is -2.29. The minimum atomic E-state index is -0.399. The average Bonchev–Trinajstić information content (AvgIpc) is 2.46. The molecule has 2 rings (SSSR count). The Bertz CT molecular complexity index is 467. The second kappa shape index (κ2) is 7.31. The molecule has 2 amide bonds. The third kappa shape index (κ3) is 3.98. The number of halogens is 2. The highest BCUT2D eigenvalue weighted by molar-refractivity contribution is 6.18. The van der Waals surface area contributed by atoms with Gasteiger partial charge in [0.15, 0.2) is 0 Å². The predicted molar refractivity (Wildman–Crippen MR) is 77.2 cm³/mol. The van der Waals surface area contributed by atoms with Gasteiger partial charge < -0.3 is 20.3 Å². The van der Waals surface area contributed by atoms with Gasteiger partial charge in [-0.3, -0.25) is 0 Å². The molecule has 0 bridgehead atoms. The Balaban J connectivity index is 1.99. The van der Waals surface area contributed by atoms with E-state index in [1.54, 1.807) is 12.1 Å². The average molecular weight is 302 g/mol. The van der Waals surface area contributed by atoms with Crippen LogP contribution in [0.4, 0.5) is 20.6 Å². The van der Waals surface area contributed by atoms with E-state index in [0.29, 0.717) is 50.1 Å². The van der Waals surface area contributed by atoms with Gasteiger partial charge in [0.25, 0.3) is 0 Å². The third-order valence-electron chi connectivity index (χ3n) is 2.94. The number of rotatable bonds is 4. The number of benzene rings is 1. The summed E-state index contributed by atoms with van der Waals surface area (Å²) in [6, 6.07) is 4.25. The minimum Gasteiger partial charge on any atom is -0.378 e. The van der Waals surface area contributed by atoms with E-state index in [2.05, 4.69) is 10.6 Å². The number of carbonyl (C=O) groups is 1. The molecule has 1 fully saturated rings. The molecule has 110 valence electrons. The predicted octanol–water partition coefficient (Wildman–Crippen LogP) is 2.02.